The van der Waals surface area contributed by atoms with E-state index in [1.54, 1.807) is 13.8 Å². The summed E-state index contributed by atoms with van der Waals surface area (Å²) in [5.41, 5.74) is 3.13. The lowest BCUT2D eigenvalue weighted by molar-refractivity contribution is -0.119. The molecule has 0 radical (unpaired) electrons. The fourth-order valence-electron chi connectivity index (χ4n) is 3.05. The fourth-order valence-corrected chi connectivity index (χ4v) is 3.98. The third-order valence-electron chi connectivity index (χ3n) is 4.44. The summed E-state index contributed by atoms with van der Waals surface area (Å²) < 4.78 is 36.1. The van der Waals surface area contributed by atoms with E-state index < -0.39 is 28.5 Å². The normalized spacial score (nSPS) is 11.3. The lowest BCUT2D eigenvalue weighted by atomic mass is 10.00. The van der Waals surface area contributed by atoms with Crippen LogP contribution in [0.25, 0.3) is 0 Å². The molecule has 30 heavy (non-hydrogen) atoms. The summed E-state index contributed by atoms with van der Waals surface area (Å²) in [6, 6.07) is 7.85. The first-order valence-electron chi connectivity index (χ1n) is 9.12. The van der Waals surface area contributed by atoms with Gasteiger partial charge in [-0.1, -0.05) is 17.7 Å². The van der Waals surface area contributed by atoms with Crippen LogP contribution in [-0.2, 0) is 19.6 Å². The maximum absolute atomic E-state index is 12.4. The standard InChI is InChI=1S/C21H26N2O6S/c1-13-9-14(2)20(15(3)10-13)21(25)29-12-19(24)22-17-11-16(7-8-18(17)28-6)30(26,27)23(4)5/h7-11H,12H2,1-6H3,(H,22,24). The van der Waals surface area contributed by atoms with E-state index in [-0.39, 0.29) is 16.3 Å². The van der Waals surface area contributed by atoms with Crippen LogP contribution in [-0.4, -0.2) is 52.4 Å². The average Bonchev–Trinajstić information content (AvgIpc) is 2.65. The van der Waals surface area contributed by atoms with Gasteiger partial charge in [-0.05, 0) is 50.1 Å². The Bertz CT molecular complexity index is 1050. The Hall–Kier alpha value is -2.91. The molecule has 0 fully saturated rings. The number of carbonyl (C=O) groups is 2. The van der Waals surface area contributed by atoms with Gasteiger partial charge in [-0.25, -0.2) is 17.5 Å². The Morgan fingerprint density at radius 3 is 2.17 bits per heavy atom. The number of benzene rings is 2. The van der Waals surface area contributed by atoms with Crippen molar-refractivity contribution in [2.24, 2.45) is 0 Å². The number of aryl methyl sites for hydroxylation is 3. The molecule has 1 N–H and O–H groups in total. The minimum atomic E-state index is -3.69. The van der Waals surface area contributed by atoms with Crippen LogP contribution in [0.5, 0.6) is 5.75 Å². The molecular formula is C21H26N2O6S. The van der Waals surface area contributed by atoms with Gasteiger partial charge in [0, 0.05) is 14.1 Å². The number of methoxy groups -OCH3 is 1. The number of carbonyl (C=O) groups excluding carboxylic acids is 2. The van der Waals surface area contributed by atoms with Gasteiger partial charge in [0.2, 0.25) is 10.0 Å². The first-order valence-corrected chi connectivity index (χ1v) is 10.6. The van der Waals surface area contributed by atoms with Crippen LogP contribution in [0.4, 0.5) is 5.69 Å². The predicted octanol–water partition coefficient (Wildman–Crippen LogP) is 2.67. The van der Waals surface area contributed by atoms with Gasteiger partial charge in [-0.15, -0.1) is 0 Å². The summed E-state index contributed by atoms with van der Waals surface area (Å²) in [4.78, 5) is 24.8. The maximum atomic E-state index is 12.4. The fraction of sp³-hybridized carbons (Fsp3) is 0.333. The van der Waals surface area contributed by atoms with Crippen molar-refractivity contribution in [1.82, 2.24) is 4.31 Å². The monoisotopic (exact) mass is 434 g/mol. The SMILES string of the molecule is COc1ccc(S(=O)(=O)N(C)C)cc1NC(=O)COC(=O)c1c(C)cc(C)cc1C. The van der Waals surface area contributed by atoms with Gasteiger partial charge in [0.05, 0.1) is 23.3 Å². The number of hydrogen-bond acceptors (Lipinski definition) is 6. The zero-order chi connectivity index (χ0) is 22.6. The Labute approximate surface area is 176 Å². The molecule has 0 saturated carbocycles. The summed E-state index contributed by atoms with van der Waals surface area (Å²) in [6.07, 6.45) is 0. The van der Waals surface area contributed by atoms with Gasteiger partial charge in [-0.2, -0.15) is 0 Å². The topological polar surface area (TPSA) is 102 Å². The van der Waals surface area contributed by atoms with Gasteiger partial charge < -0.3 is 14.8 Å². The molecule has 0 atom stereocenters. The number of nitrogens with one attached hydrogen (secondary N) is 1. The number of rotatable bonds is 7. The number of amides is 1. The van der Waals surface area contributed by atoms with Gasteiger partial charge >= 0.3 is 5.97 Å². The first-order chi connectivity index (χ1) is 14.0. The molecule has 0 spiro atoms. The Morgan fingerprint density at radius 2 is 1.63 bits per heavy atom. The third kappa shape index (κ3) is 5.17. The largest absolute Gasteiger partial charge is 0.495 e. The highest BCUT2D eigenvalue weighted by Crippen LogP contribution is 2.28. The summed E-state index contributed by atoms with van der Waals surface area (Å²) in [6.45, 7) is 5.01. The molecule has 2 rings (SSSR count). The highest BCUT2D eigenvalue weighted by molar-refractivity contribution is 7.89. The van der Waals surface area contributed by atoms with E-state index in [4.69, 9.17) is 9.47 Å². The minimum absolute atomic E-state index is 0.00787. The van der Waals surface area contributed by atoms with Gasteiger partial charge in [-0.3, -0.25) is 4.79 Å². The molecule has 0 unspecified atom stereocenters. The lowest BCUT2D eigenvalue weighted by Crippen LogP contribution is -2.24. The Balaban J connectivity index is 2.16. The zero-order valence-electron chi connectivity index (χ0n) is 17.9. The second kappa shape index (κ2) is 9.27. The van der Waals surface area contributed by atoms with Crippen molar-refractivity contribution in [3.63, 3.8) is 0 Å². The molecule has 0 heterocycles. The van der Waals surface area contributed by atoms with E-state index in [2.05, 4.69) is 5.32 Å². The van der Waals surface area contributed by atoms with Crippen LogP contribution in [0.15, 0.2) is 35.2 Å². The van der Waals surface area contributed by atoms with Crippen LogP contribution in [0.1, 0.15) is 27.0 Å². The molecule has 0 aliphatic heterocycles. The van der Waals surface area contributed by atoms with Crippen LogP contribution in [0.3, 0.4) is 0 Å². The Morgan fingerprint density at radius 1 is 1.03 bits per heavy atom. The van der Waals surface area contributed by atoms with E-state index in [0.717, 1.165) is 21.0 Å². The minimum Gasteiger partial charge on any atom is -0.495 e. The van der Waals surface area contributed by atoms with Crippen molar-refractivity contribution >= 4 is 27.6 Å². The maximum Gasteiger partial charge on any atom is 0.339 e. The number of nitrogens with zero attached hydrogens (tertiary/aromatic N) is 1. The molecule has 0 bridgehead atoms. The van der Waals surface area contributed by atoms with Crippen molar-refractivity contribution in [3.05, 3.63) is 52.6 Å². The van der Waals surface area contributed by atoms with Crippen LogP contribution >= 0.6 is 0 Å². The highest BCUT2D eigenvalue weighted by atomic mass is 32.2. The van der Waals surface area contributed by atoms with E-state index in [1.165, 1.54) is 39.4 Å². The molecule has 162 valence electrons. The van der Waals surface area contributed by atoms with E-state index in [1.807, 2.05) is 19.1 Å². The molecule has 8 nitrogen and oxygen atoms in total. The van der Waals surface area contributed by atoms with E-state index in [9.17, 15) is 18.0 Å². The van der Waals surface area contributed by atoms with Crippen molar-refractivity contribution < 1.29 is 27.5 Å². The Kier molecular flexibility index (Phi) is 7.22. The highest BCUT2D eigenvalue weighted by Gasteiger charge is 2.21. The number of hydrogen-bond donors (Lipinski definition) is 1. The van der Waals surface area contributed by atoms with Crippen molar-refractivity contribution in [3.8, 4) is 5.75 Å². The molecule has 1 amide bonds. The summed E-state index contributed by atoms with van der Waals surface area (Å²) in [5, 5.41) is 2.53. The molecule has 0 saturated heterocycles. The number of sulfonamides is 1. The number of esters is 1. The van der Waals surface area contributed by atoms with Crippen LogP contribution in [0.2, 0.25) is 0 Å². The van der Waals surface area contributed by atoms with Crippen LogP contribution in [0, 0.1) is 20.8 Å². The van der Waals surface area contributed by atoms with Crippen LogP contribution < -0.4 is 10.1 Å². The van der Waals surface area contributed by atoms with Gasteiger partial charge in [0.15, 0.2) is 6.61 Å². The lowest BCUT2D eigenvalue weighted by Gasteiger charge is -2.15. The average molecular weight is 435 g/mol. The first kappa shape index (κ1) is 23.4. The molecule has 0 aliphatic rings. The summed E-state index contributed by atoms with van der Waals surface area (Å²) in [7, 11) is 0.521. The van der Waals surface area contributed by atoms with E-state index in [0.29, 0.717) is 5.56 Å². The molecule has 9 heteroatoms. The quantitative estimate of drug-likeness (QED) is 0.672. The van der Waals surface area contributed by atoms with E-state index >= 15 is 0 Å². The van der Waals surface area contributed by atoms with Crippen molar-refractivity contribution in [1.29, 1.82) is 0 Å². The summed E-state index contributed by atoms with van der Waals surface area (Å²) >= 11 is 0. The molecule has 0 aliphatic carbocycles. The van der Waals surface area contributed by atoms with Crippen molar-refractivity contribution in [2.75, 3.05) is 33.1 Å². The van der Waals surface area contributed by atoms with Gasteiger partial charge in [0.25, 0.3) is 5.91 Å². The molecule has 2 aromatic carbocycles. The molecular weight excluding hydrogens is 408 g/mol. The summed E-state index contributed by atoms with van der Waals surface area (Å²) in [5.74, 6) is -0.947. The zero-order valence-corrected chi connectivity index (χ0v) is 18.7. The second-order valence-electron chi connectivity index (χ2n) is 7.05. The van der Waals surface area contributed by atoms with Crippen molar-refractivity contribution in [2.45, 2.75) is 25.7 Å². The number of ether oxygens (including phenoxy) is 2. The number of anilines is 1. The third-order valence-corrected chi connectivity index (χ3v) is 6.25. The second-order valence-corrected chi connectivity index (χ2v) is 9.20. The molecule has 0 aromatic heterocycles. The molecule has 2 aromatic rings. The predicted molar refractivity (Wildman–Crippen MR) is 113 cm³/mol. The smallest absolute Gasteiger partial charge is 0.339 e. The van der Waals surface area contributed by atoms with Gasteiger partial charge in [0.1, 0.15) is 5.75 Å².